The number of carboxylic acids is 1. The van der Waals surface area contributed by atoms with Crippen molar-refractivity contribution in [3.05, 3.63) is 39.9 Å². The van der Waals surface area contributed by atoms with Gasteiger partial charge in [0.05, 0.1) is 33.2 Å². The Morgan fingerprint density at radius 3 is 1.81 bits per heavy atom. The third-order valence-corrected chi connectivity index (χ3v) is 9.54. The number of halogens is 6. The number of carbonyl (C=O) groups excluding carboxylic acids is 2. The summed E-state index contributed by atoms with van der Waals surface area (Å²) in [6, 6.07) is 5.55. The Hall–Kier alpha value is -0.690. The monoisotopic (exact) mass is 487 g/mol. The molecule has 0 spiro atoms. The van der Waals surface area contributed by atoms with Crippen molar-refractivity contribution in [3.63, 3.8) is 0 Å². The Morgan fingerprint density at radius 2 is 1.37 bits per heavy atom. The quantitative estimate of drug-likeness (QED) is 0.495. The number of hydrogen-bond donors (Lipinski definition) is 1. The number of alkyl halides is 4. The number of aromatic carboxylic acids is 1. The first kappa shape index (κ1) is 19.6. The fourth-order valence-corrected chi connectivity index (χ4v) is 7.01. The number of allylic oxidation sites excluding steroid dienone is 2. The Kier molecular flexibility index (Phi) is 4.13. The lowest BCUT2D eigenvalue weighted by Gasteiger charge is -2.34. The fraction of sp³-hybridized carbons (Fsp3) is 0.312. The van der Waals surface area contributed by atoms with Crippen LogP contribution in [-0.4, -0.2) is 37.0 Å². The maximum atomic E-state index is 13.2. The molecule has 2 amide bonds. The maximum absolute atomic E-state index is 13.2. The van der Waals surface area contributed by atoms with Gasteiger partial charge in [-0.25, -0.2) is 9.69 Å². The van der Waals surface area contributed by atoms with Crippen LogP contribution in [0.4, 0.5) is 5.69 Å². The van der Waals surface area contributed by atoms with Crippen LogP contribution < -0.4 is 4.90 Å². The van der Waals surface area contributed by atoms with Crippen LogP contribution in [-0.2, 0) is 9.59 Å². The van der Waals surface area contributed by atoms with Crippen LogP contribution in [0.1, 0.15) is 10.4 Å². The van der Waals surface area contributed by atoms with Crippen molar-refractivity contribution in [1.82, 2.24) is 0 Å². The molecule has 142 valence electrons. The van der Waals surface area contributed by atoms with Gasteiger partial charge in [0.15, 0.2) is 4.33 Å². The highest BCUT2D eigenvalue weighted by molar-refractivity contribution is 6.67. The average Bonchev–Trinajstić information content (AvgIpc) is 2.99. The maximum Gasteiger partial charge on any atom is 0.337 e. The number of para-hydroxylation sites is 1. The summed E-state index contributed by atoms with van der Waals surface area (Å²) in [5, 5.41) is 8.98. The minimum absolute atomic E-state index is 0.115. The van der Waals surface area contributed by atoms with E-state index in [0.717, 1.165) is 4.90 Å². The predicted molar refractivity (Wildman–Crippen MR) is 103 cm³/mol. The van der Waals surface area contributed by atoms with Gasteiger partial charge in [0.25, 0.3) is 0 Å². The van der Waals surface area contributed by atoms with Crippen LogP contribution in [0, 0.1) is 11.8 Å². The molecule has 1 saturated heterocycles. The van der Waals surface area contributed by atoms with Gasteiger partial charge in [0, 0.05) is 0 Å². The number of fused-ring (bicyclic) bond motifs is 5. The Labute approximate surface area is 182 Å². The molecular weight excluding hydrogens is 483 g/mol. The highest BCUT2D eigenvalue weighted by atomic mass is 35.5. The zero-order valence-electron chi connectivity index (χ0n) is 12.9. The van der Waals surface area contributed by atoms with Gasteiger partial charge in [-0.2, -0.15) is 0 Å². The third kappa shape index (κ3) is 1.93. The molecule has 5 nitrogen and oxygen atoms in total. The van der Waals surface area contributed by atoms with Gasteiger partial charge >= 0.3 is 5.97 Å². The van der Waals surface area contributed by atoms with Crippen molar-refractivity contribution in [2.75, 3.05) is 4.90 Å². The molecule has 3 aliphatic rings. The summed E-state index contributed by atoms with van der Waals surface area (Å²) in [6.07, 6.45) is 0. The number of carbonyl (C=O) groups is 3. The minimum Gasteiger partial charge on any atom is -0.478 e. The zero-order valence-corrected chi connectivity index (χ0v) is 17.4. The highest BCUT2D eigenvalue weighted by Gasteiger charge is 2.87. The molecular formula is C16H7Cl6NO4. The molecule has 11 heteroatoms. The largest absolute Gasteiger partial charge is 0.478 e. The average molecular weight is 490 g/mol. The summed E-state index contributed by atoms with van der Waals surface area (Å²) in [5.74, 6) is -5.54. The molecule has 1 aliphatic heterocycles. The van der Waals surface area contributed by atoms with Crippen molar-refractivity contribution < 1.29 is 19.5 Å². The number of rotatable bonds is 2. The number of hydrogen-bond acceptors (Lipinski definition) is 3. The van der Waals surface area contributed by atoms with Gasteiger partial charge in [0.1, 0.15) is 9.75 Å². The summed E-state index contributed by atoms with van der Waals surface area (Å²) in [4.78, 5) is 34.7. The highest BCUT2D eigenvalue weighted by Crippen LogP contribution is 2.77. The second-order valence-corrected chi connectivity index (χ2v) is 9.69. The third-order valence-electron chi connectivity index (χ3n) is 5.28. The van der Waals surface area contributed by atoms with E-state index in [9.17, 15) is 19.5 Å². The van der Waals surface area contributed by atoms with E-state index in [1.54, 1.807) is 0 Å². The minimum atomic E-state index is -2.03. The zero-order chi connectivity index (χ0) is 20.1. The Balaban J connectivity index is 1.93. The van der Waals surface area contributed by atoms with Gasteiger partial charge < -0.3 is 5.11 Å². The molecule has 2 bridgehead atoms. The smallest absolute Gasteiger partial charge is 0.337 e. The lowest BCUT2D eigenvalue weighted by molar-refractivity contribution is -0.123. The molecule has 0 aromatic heterocycles. The van der Waals surface area contributed by atoms with E-state index in [2.05, 4.69) is 0 Å². The summed E-state index contributed by atoms with van der Waals surface area (Å²) >= 11 is 38.4. The second-order valence-electron chi connectivity index (χ2n) is 6.42. The molecule has 1 saturated carbocycles. The molecule has 1 N–H and O–H groups in total. The number of nitrogens with zero attached hydrogens (tertiary/aromatic N) is 1. The van der Waals surface area contributed by atoms with Crippen LogP contribution in [0.3, 0.4) is 0 Å². The number of carboxylic acid groups (broad SMARTS) is 1. The lowest BCUT2D eigenvalue weighted by atomic mass is 9.84. The first-order valence-electron chi connectivity index (χ1n) is 7.46. The summed E-state index contributed by atoms with van der Waals surface area (Å²) < 4.78 is -2.03. The van der Waals surface area contributed by atoms with Crippen molar-refractivity contribution in [1.29, 1.82) is 0 Å². The summed E-state index contributed by atoms with van der Waals surface area (Å²) in [7, 11) is 0. The van der Waals surface area contributed by atoms with Gasteiger partial charge in [-0.15, -0.1) is 23.2 Å². The molecule has 1 heterocycles. The van der Waals surface area contributed by atoms with Crippen molar-refractivity contribution in [3.8, 4) is 0 Å². The molecule has 1 aromatic rings. The van der Waals surface area contributed by atoms with Crippen LogP contribution in [0.2, 0.25) is 0 Å². The van der Waals surface area contributed by atoms with Gasteiger partial charge in [0.2, 0.25) is 11.8 Å². The van der Waals surface area contributed by atoms with Crippen LogP contribution >= 0.6 is 69.6 Å². The summed E-state index contributed by atoms with van der Waals surface area (Å²) in [6.45, 7) is 0. The van der Waals surface area contributed by atoms with E-state index in [1.165, 1.54) is 24.3 Å². The molecule has 2 aliphatic carbocycles. The number of benzene rings is 1. The molecule has 4 rings (SSSR count). The Morgan fingerprint density at radius 1 is 0.926 bits per heavy atom. The normalized spacial score (nSPS) is 36.6. The first-order chi connectivity index (χ1) is 12.4. The van der Waals surface area contributed by atoms with E-state index in [1.807, 2.05) is 0 Å². The second kappa shape index (κ2) is 5.68. The number of imide groups is 1. The molecule has 1 aromatic carbocycles. The van der Waals surface area contributed by atoms with E-state index in [0.29, 0.717) is 0 Å². The molecule has 27 heavy (non-hydrogen) atoms. The SMILES string of the molecule is O=C(O)c1ccccc1N1C(=O)[C@H]2[C@H](C1=O)[C@@]1(Cl)C(Cl)=C(Cl)[C@@]2(Cl)C1(Cl)Cl. The number of amides is 2. The van der Waals surface area contributed by atoms with Crippen LogP contribution in [0.5, 0.6) is 0 Å². The van der Waals surface area contributed by atoms with E-state index >= 15 is 0 Å². The lowest BCUT2D eigenvalue weighted by Crippen LogP contribution is -2.50. The molecule has 0 radical (unpaired) electrons. The standard InChI is InChI=1S/C16H7Cl6NO4/c17-9-10(18)15(20)8-7(14(9,19)16(15,21)22)11(24)23(12(8)25)6-4-2-1-3-5(6)13(26)27/h1-4,7-8H,(H,26,27)/t7-,8-,14-,15-/m1/s1. The Bertz CT molecular complexity index is 931. The predicted octanol–water partition coefficient (Wildman–Crippen LogP) is 4.34. The van der Waals surface area contributed by atoms with Crippen molar-refractivity contribution >= 4 is 93.1 Å². The number of anilines is 1. The first-order valence-corrected chi connectivity index (χ1v) is 9.72. The van der Waals surface area contributed by atoms with E-state index in [4.69, 9.17) is 69.6 Å². The van der Waals surface area contributed by atoms with E-state index < -0.39 is 43.7 Å². The summed E-state index contributed by atoms with van der Waals surface area (Å²) in [5.41, 5.74) is -0.358. The van der Waals surface area contributed by atoms with Crippen molar-refractivity contribution in [2.45, 2.75) is 14.1 Å². The van der Waals surface area contributed by atoms with Crippen LogP contribution in [0.15, 0.2) is 34.3 Å². The molecule has 2 fully saturated rings. The fourth-order valence-electron chi connectivity index (χ4n) is 4.08. The topological polar surface area (TPSA) is 74.7 Å². The van der Waals surface area contributed by atoms with Crippen LogP contribution in [0.25, 0.3) is 0 Å². The van der Waals surface area contributed by atoms with E-state index in [-0.39, 0.29) is 21.3 Å². The van der Waals surface area contributed by atoms with Gasteiger partial charge in [-0.1, -0.05) is 58.5 Å². The molecule has 4 atom stereocenters. The van der Waals surface area contributed by atoms with Crippen molar-refractivity contribution in [2.24, 2.45) is 11.8 Å². The van der Waals surface area contributed by atoms with Gasteiger partial charge in [-0.3, -0.25) is 9.59 Å². The molecule has 0 unspecified atom stereocenters. The van der Waals surface area contributed by atoms with Gasteiger partial charge in [-0.05, 0) is 12.1 Å².